The Balaban J connectivity index is 1.39. The number of rotatable bonds is 6. The molecule has 2 aromatic carbocycles. The molecular formula is C26H25N3OS. The predicted molar refractivity (Wildman–Crippen MR) is 125 cm³/mol. The van der Waals surface area contributed by atoms with Crippen LogP contribution < -0.4 is 5.32 Å². The second kappa shape index (κ2) is 9.80. The van der Waals surface area contributed by atoms with Crippen molar-refractivity contribution in [2.24, 2.45) is 0 Å². The van der Waals surface area contributed by atoms with Crippen molar-refractivity contribution in [3.63, 3.8) is 0 Å². The highest BCUT2D eigenvalue weighted by Crippen LogP contribution is 2.34. The summed E-state index contributed by atoms with van der Waals surface area (Å²) in [6.07, 6.45) is 3.28. The van der Waals surface area contributed by atoms with Crippen molar-refractivity contribution < 1.29 is 4.79 Å². The number of aromatic nitrogens is 1. The molecule has 1 aliphatic rings. The molecular weight excluding hydrogens is 402 g/mol. The fourth-order valence-corrected chi connectivity index (χ4v) is 4.93. The molecule has 31 heavy (non-hydrogen) atoms. The van der Waals surface area contributed by atoms with E-state index in [-0.39, 0.29) is 5.91 Å². The Morgan fingerprint density at radius 2 is 1.97 bits per heavy atom. The van der Waals surface area contributed by atoms with E-state index < -0.39 is 0 Å². The summed E-state index contributed by atoms with van der Waals surface area (Å²) in [5, 5.41) is 13.4. The molecule has 0 saturated heterocycles. The zero-order chi connectivity index (χ0) is 21.6. The fraction of sp³-hybridized carbons (Fsp3) is 0.269. The number of nitrogens with one attached hydrogen (secondary N) is 1. The van der Waals surface area contributed by atoms with Gasteiger partial charge in [-0.05, 0) is 60.9 Å². The van der Waals surface area contributed by atoms with Gasteiger partial charge in [0.1, 0.15) is 11.1 Å². The van der Waals surface area contributed by atoms with Crippen LogP contribution in [0.4, 0.5) is 5.69 Å². The van der Waals surface area contributed by atoms with Crippen LogP contribution in [0.15, 0.2) is 65.7 Å². The Hall–Kier alpha value is -3.10. The van der Waals surface area contributed by atoms with Gasteiger partial charge in [-0.1, -0.05) is 48.5 Å². The fourth-order valence-electron chi connectivity index (χ4n) is 4.01. The topological polar surface area (TPSA) is 65.8 Å². The number of thioether (sulfide) groups is 1. The number of pyridine rings is 1. The minimum atomic E-state index is -0.0241. The lowest BCUT2D eigenvalue weighted by Gasteiger charge is -2.25. The molecule has 1 amide bonds. The molecule has 0 aliphatic heterocycles. The molecule has 0 spiro atoms. The maximum atomic E-state index is 12.3. The van der Waals surface area contributed by atoms with Crippen molar-refractivity contribution in [1.29, 1.82) is 5.26 Å². The number of nitriles is 1. The van der Waals surface area contributed by atoms with Crippen molar-refractivity contribution >= 4 is 23.4 Å². The first-order valence-electron chi connectivity index (χ1n) is 10.6. The van der Waals surface area contributed by atoms with Crippen molar-refractivity contribution in [2.75, 3.05) is 11.1 Å². The van der Waals surface area contributed by atoms with Gasteiger partial charge in [-0.3, -0.25) is 4.79 Å². The van der Waals surface area contributed by atoms with E-state index in [9.17, 15) is 10.1 Å². The Labute approximate surface area is 187 Å². The standard InChI is InChI=1S/C26H25N3OS/c1-18-7-5-6-10-23(18)28-25(30)13-14-31-26-22(17-27)16-21-15-20(11-12-24(21)29-26)19-8-3-2-4-9-19/h2-10,16,20H,11-15H2,1H3,(H,28,30). The Kier molecular flexibility index (Phi) is 6.69. The third-order valence-electron chi connectivity index (χ3n) is 5.73. The quantitative estimate of drug-likeness (QED) is 0.516. The number of amides is 1. The first-order valence-corrected chi connectivity index (χ1v) is 11.6. The number of fused-ring (bicyclic) bond motifs is 1. The van der Waals surface area contributed by atoms with Gasteiger partial charge in [0, 0.05) is 23.6 Å². The molecule has 1 unspecified atom stereocenters. The number of anilines is 1. The molecule has 1 heterocycles. The van der Waals surface area contributed by atoms with E-state index in [0.717, 1.165) is 41.2 Å². The van der Waals surface area contributed by atoms with Crippen LogP contribution in [0.25, 0.3) is 0 Å². The highest BCUT2D eigenvalue weighted by molar-refractivity contribution is 7.99. The highest BCUT2D eigenvalue weighted by Gasteiger charge is 2.23. The van der Waals surface area contributed by atoms with E-state index in [4.69, 9.17) is 4.98 Å². The summed E-state index contributed by atoms with van der Waals surface area (Å²) in [5.74, 6) is 1.04. The van der Waals surface area contributed by atoms with Gasteiger partial charge in [-0.15, -0.1) is 11.8 Å². The van der Waals surface area contributed by atoms with Crippen LogP contribution in [0, 0.1) is 18.3 Å². The van der Waals surface area contributed by atoms with Gasteiger partial charge in [0.25, 0.3) is 0 Å². The molecule has 1 aliphatic carbocycles. The molecule has 5 heteroatoms. The molecule has 0 radical (unpaired) electrons. The van der Waals surface area contributed by atoms with Gasteiger partial charge in [0.2, 0.25) is 5.91 Å². The number of hydrogen-bond donors (Lipinski definition) is 1. The van der Waals surface area contributed by atoms with Crippen LogP contribution in [0.3, 0.4) is 0 Å². The van der Waals surface area contributed by atoms with Crippen LogP contribution in [-0.2, 0) is 17.6 Å². The van der Waals surface area contributed by atoms with Crippen LogP contribution >= 0.6 is 11.8 Å². The predicted octanol–water partition coefficient (Wildman–Crippen LogP) is 5.66. The molecule has 4 nitrogen and oxygen atoms in total. The average Bonchev–Trinajstić information content (AvgIpc) is 2.80. The lowest BCUT2D eigenvalue weighted by molar-refractivity contribution is -0.115. The number of aryl methyl sites for hydroxylation is 2. The third kappa shape index (κ3) is 5.15. The number of benzene rings is 2. The Morgan fingerprint density at radius 1 is 1.19 bits per heavy atom. The molecule has 0 saturated carbocycles. The zero-order valence-corrected chi connectivity index (χ0v) is 18.4. The molecule has 3 aromatic rings. The first kappa shape index (κ1) is 21.1. The van der Waals surface area contributed by atoms with E-state index in [2.05, 4.69) is 35.7 Å². The number of carbonyl (C=O) groups excluding carboxylic acids is 1. The summed E-state index contributed by atoms with van der Waals surface area (Å²) in [7, 11) is 0. The van der Waals surface area contributed by atoms with Crippen molar-refractivity contribution in [1.82, 2.24) is 4.98 Å². The van der Waals surface area contributed by atoms with Crippen molar-refractivity contribution in [2.45, 2.75) is 43.6 Å². The monoisotopic (exact) mass is 427 g/mol. The van der Waals surface area contributed by atoms with E-state index in [1.807, 2.05) is 43.3 Å². The number of nitrogens with zero attached hydrogens (tertiary/aromatic N) is 2. The molecule has 4 rings (SSSR count). The minimum Gasteiger partial charge on any atom is -0.326 e. The Morgan fingerprint density at radius 3 is 2.74 bits per heavy atom. The largest absolute Gasteiger partial charge is 0.326 e. The lowest BCUT2D eigenvalue weighted by Crippen LogP contribution is -2.15. The summed E-state index contributed by atoms with van der Waals surface area (Å²) in [4.78, 5) is 17.1. The van der Waals surface area contributed by atoms with Gasteiger partial charge in [0.15, 0.2) is 0 Å². The molecule has 0 bridgehead atoms. The summed E-state index contributed by atoms with van der Waals surface area (Å²) in [6, 6.07) is 22.6. The van der Waals surface area contributed by atoms with E-state index >= 15 is 0 Å². The minimum absolute atomic E-state index is 0.0241. The smallest absolute Gasteiger partial charge is 0.225 e. The zero-order valence-electron chi connectivity index (χ0n) is 17.6. The van der Waals surface area contributed by atoms with Gasteiger partial charge in [0.05, 0.1) is 5.56 Å². The molecule has 0 fully saturated rings. The molecule has 156 valence electrons. The maximum Gasteiger partial charge on any atom is 0.225 e. The third-order valence-corrected chi connectivity index (χ3v) is 6.72. The lowest BCUT2D eigenvalue weighted by atomic mass is 9.82. The summed E-state index contributed by atoms with van der Waals surface area (Å²) >= 11 is 1.49. The van der Waals surface area contributed by atoms with Crippen LogP contribution in [0.5, 0.6) is 0 Å². The van der Waals surface area contributed by atoms with Crippen molar-refractivity contribution in [3.8, 4) is 6.07 Å². The van der Waals surface area contributed by atoms with Crippen LogP contribution in [0.2, 0.25) is 0 Å². The summed E-state index contributed by atoms with van der Waals surface area (Å²) in [5.41, 5.74) is 6.12. The second-order valence-corrected chi connectivity index (χ2v) is 8.95. The van der Waals surface area contributed by atoms with Gasteiger partial charge in [-0.25, -0.2) is 4.98 Å². The summed E-state index contributed by atoms with van der Waals surface area (Å²) in [6.45, 7) is 1.98. The van der Waals surface area contributed by atoms with E-state index in [1.54, 1.807) is 0 Å². The normalized spacial score (nSPS) is 15.0. The molecule has 1 aromatic heterocycles. The van der Waals surface area contributed by atoms with Crippen LogP contribution in [0.1, 0.15) is 46.7 Å². The van der Waals surface area contributed by atoms with Crippen molar-refractivity contribution in [3.05, 3.63) is 88.6 Å². The van der Waals surface area contributed by atoms with Gasteiger partial charge >= 0.3 is 0 Å². The Bertz CT molecular complexity index is 1120. The SMILES string of the molecule is Cc1ccccc1NC(=O)CCSc1nc2c(cc1C#N)CC(c1ccccc1)CC2. The number of para-hydroxylation sites is 1. The molecule has 1 atom stereocenters. The number of carbonyl (C=O) groups is 1. The highest BCUT2D eigenvalue weighted by atomic mass is 32.2. The number of hydrogen-bond acceptors (Lipinski definition) is 4. The molecule has 1 N–H and O–H groups in total. The van der Waals surface area contributed by atoms with Gasteiger partial charge in [-0.2, -0.15) is 5.26 Å². The van der Waals surface area contributed by atoms with E-state index in [1.165, 1.54) is 22.9 Å². The first-order chi connectivity index (χ1) is 15.1. The summed E-state index contributed by atoms with van der Waals surface area (Å²) < 4.78 is 0. The van der Waals surface area contributed by atoms with E-state index in [0.29, 0.717) is 23.7 Å². The second-order valence-electron chi connectivity index (χ2n) is 7.87. The maximum absolute atomic E-state index is 12.3. The van der Waals surface area contributed by atoms with Crippen LogP contribution in [-0.4, -0.2) is 16.6 Å². The average molecular weight is 428 g/mol. The van der Waals surface area contributed by atoms with Gasteiger partial charge < -0.3 is 5.32 Å².